The van der Waals surface area contributed by atoms with E-state index in [1.807, 2.05) is 31.2 Å². The molecule has 0 amide bonds. The summed E-state index contributed by atoms with van der Waals surface area (Å²) < 4.78 is 37.2. The quantitative estimate of drug-likeness (QED) is 0.435. The Labute approximate surface area is 161 Å². The average molecular weight is 433 g/mol. The minimum absolute atomic E-state index is 0.119. The maximum Gasteiger partial charge on any atom is 0.339 e. The molecular formula is C20H17BrO4S. The summed E-state index contributed by atoms with van der Waals surface area (Å²) in [6.07, 6.45) is 0.742. The molecule has 1 atom stereocenters. The fourth-order valence-corrected chi connectivity index (χ4v) is 4.26. The maximum absolute atomic E-state index is 12.7. The van der Waals surface area contributed by atoms with Crippen LogP contribution < -0.4 is 4.18 Å². The third-order valence-corrected chi connectivity index (χ3v) is 6.14. The average Bonchev–Trinajstić information content (AvgIpc) is 3.41. The Hall–Kier alpha value is -1.89. The Kier molecular flexibility index (Phi) is 4.50. The van der Waals surface area contributed by atoms with Crippen molar-refractivity contribution in [1.29, 1.82) is 0 Å². The summed E-state index contributed by atoms with van der Waals surface area (Å²) in [4.78, 5) is 0.146. The first-order chi connectivity index (χ1) is 12.4. The van der Waals surface area contributed by atoms with Crippen molar-refractivity contribution in [1.82, 2.24) is 0 Å². The van der Waals surface area contributed by atoms with E-state index >= 15 is 0 Å². The molecule has 1 aliphatic rings. The molecule has 6 heteroatoms. The lowest BCUT2D eigenvalue weighted by Gasteiger charge is -2.14. The van der Waals surface area contributed by atoms with Crippen molar-refractivity contribution >= 4 is 36.8 Å². The highest BCUT2D eigenvalue weighted by Crippen LogP contribution is 2.34. The number of ether oxygens (including phenoxy) is 1. The number of rotatable bonds is 5. The normalized spacial score (nSPS) is 16.6. The van der Waals surface area contributed by atoms with E-state index in [2.05, 4.69) is 15.9 Å². The van der Waals surface area contributed by atoms with Crippen LogP contribution >= 0.6 is 15.9 Å². The summed E-state index contributed by atoms with van der Waals surface area (Å²) in [5.74, 6) is 0.357. The predicted octanol–water partition coefficient (Wildman–Crippen LogP) is 4.62. The lowest BCUT2D eigenvalue weighted by atomic mass is 10.00. The van der Waals surface area contributed by atoms with Gasteiger partial charge in [-0.15, -0.1) is 0 Å². The minimum Gasteiger partial charge on any atom is -0.379 e. The van der Waals surface area contributed by atoms with Gasteiger partial charge in [-0.25, -0.2) is 0 Å². The lowest BCUT2D eigenvalue weighted by Crippen LogP contribution is -2.12. The summed E-state index contributed by atoms with van der Waals surface area (Å²) in [5.41, 5.74) is 1.85. The van der Waals surface area contributed by atoms with E-state index in [4.69, 9.17) is 8.92 Å². The van der Waals surface area contributed by atoms with Gasteiger partial charge in [-0.2, -0.15) is 8.42 Å². The van der Waals surface area contributed by atoms with Crippen LogP contribution in [0, 0.1) is 6.92 Å². The molecule has 1 unspecified atom stereocenters. The van der Waals surface area contributed by atoms with E-state index in [-0.39, 0.29) is 11.0 Å². The second kappa shape index (κ2) is 6.68. The highest BCUT2D eigenvalue weighted by Gasteiger charge is 2.27. The van der Waals surface area contributed by atoms with Gasteiger partial charge in [0.15, 0.2) is 0 Å². The molecule has 1 heterocycles. The van der Waals surface area contributed by atoms with Gasteiger partial charge in [0.2, 0.25) is 0 Å². The molecule has 26 heavy (non-hydrogen) atoms. The van der Waals surface area contributed by atoms with E-state index in [1.54, 1.807) is 30.3 Å². The predicted molar refractivity (Wildman–Crippen MR) is 104 cm³/mol. The zero-order chi connectivity index (χ0) is 18.3. The molecule has 0 saturated carbocycles. The molecule has 0 radical (unpaired) electrons. The van der Waals surface area contributed by atoms with Crippen LogP contribution in [0.15, 0.2) is 64.0 Å². The van der Waals surface area contributed by atoms with E-state index in [0.717, 1.165) is 26.4 Å². The summed E-state index contributed by atoms with van der Waals surface area (Å²) >= 11 is 3.47. The van der Waals surface area contributed by atoms with Gasteiger partial charge in [0.1, 0.15) is 10.6 Å². The molecule has 4 rings (SSSR count). The van der Waals surface area contributed by atoms with Gasteiger partial charge in [-0.3, -0.25) is 0 Å². The second-order valence-electron chi connectivity index (χ2n) is 6.42. The Morgan fingerprint density at radius 2 is 1.85 bits per heavy atom. The molecule has 0 bridgehead atoms. The lowest BCUT2D eigenvalue weighted by molar-refractivity contribution is 0.405. The summed E-state index contributed by atoms with van der Waals surface area (Å²) in [5, 5.41) is 2.00. The van der Waals surface area contributed by atoms with Crippen molar-refractivity contribution in [3.05, 3.63) is 70.2 Å². The minimum atomic E-state index is -3.89. The van der Waals surface area contributed by atoms with Crippen LogP contribution in [0.4, 0.5) is 0 Å². The van der Waals surface area contributed by atoms with Crippen LogP contribution in [0.1, 0.15) is 11.1 Å². The number of hydrogen-bond acceptors (Lipinski definition) is 4. The van der Waals surface area contributed by atoms with Crippen molar-refractivity contribution in [3.8, 4) is 5.75 Å². The summed E-state index contributed by atoms with van der Waals surface area (Å²) in [7, 11) is -3.89. The number of fused-ring (bicyclic) bond motifs is 1. The highest BCUT2D eigenvalue weighted by molar-refractivity contribution is 9.10. The van der Waals surface area contributed by atoms with Gasteiger partial charge in [0.25, 0.3) is 0 Å². The molecule has 3 aromatic carbocycles. The van der Waals surface area contributed by atoms with Gasteiger partial charge in [0.05, 0.1) is 12.7 Å². The number of benzene rings is 3. The molecule has 1 saturated heterocycles. The largest absolute Gasteiger partial charge is 0.379 e. The van der Waals surface area contributed by atoms with E-state index < -0.39 is 10.1 Å². The first-order valence-electron chi connectivity index (χ1n) is 8.26. The molecule has 1 aliphatic heterocycles. The number of epoxide rings is 1. The van der Waals surface area contributed by atoms with Crippen LogP contribution in [-0.2, 0) is 21.3 Å². The van der Waals surface area contributed by atoms with Crippen LogP contribution in [0.5, 0.6) is 5.75 Å². The van der Waals surface area contributed by atoms with Crippen LogP contribution in [-0.4, -0.2) is 21.1 Å². The van der Waals surface area contributed by atoms with Gasteiger partial charge < -0.3 is 8.92 Å². The second-order valence-corrected chi connectivity index (χ2v) is 8.88. The van der Waals surface area contributed by atoms with E-state index in [1.165, 1.54) is 0 Å². The molecule has 3 aromatic rings. The van der Waals surface area contributed by atoms with Gasteiger partial charge >= 0.3 is 10.1 Å². The highest BCUT2D eigenvalue weighted by atomic mass is 79.9. The van der Waals surface area contributed by atoms with Crippen molar-refractivity contribution in [2.75, 3.05) is 6.61 Å². The molecule has 4 nitrogen and oxygen atoms in total. The first-order valence-corrected chi connectivity index (χ1v) is 10.5. The van der Waals surface area contributed by atoms with Crippen molar-refractivity contribution < 1.29 is 17.3 Å². The van der Waals surface area contributed by atoms with Crippen molar-refractivity contribution in [2.24, 2.45) is 0 Å². The van der Waals surface area contributed by atoms with Crippen molar-refractivity contribution in [2.45, 2.75) is 24.3 Å². The standard InChI is InChI=1S/C20H17BrO4S/c1-13-2-6-17(7-3-13)26(22,23)25-20-9-4-14-10-15(21)5-8-18(14)19(20)11-16-12-24-16/h2-10,16H,11-12H2,1H3. The fraction of sp³-hybridized carbons (Fsp3) is 0.200. The molecule has 0 N–H and O–H groups in total. The molecular weight excluding hydrogens is 416 g/mol. The Balaban J connectivity index is 1.77. The maximum atomic E-state index is 12.7. The van der Waals surface area contributed by atoms with Crippen LogP contribution in [0.2, 0.25) is 0 Å². The molecule has 0 aliphatic carbocycles. The summed E-state index contributed by atoms with van der Waals surface area (Å²) in [6.45, 7) is 2.60. The SMILES string of the molecule is Cc1ccc(S(=O)(=O)Oc2ccc3cc(Br)ccc3c2CC2CO2)cc1. The van der Waals surface area contributed by atoms with E-state index in [9.17, 15) is 8.42 Å². The Bertz CT molecular complexity index is 1070. The zero-order valence-corrected chi connectivity index (χ0v) is 16.5. The van der Waals surface area contributed by atoms with Gasteiger partial charge in [-0.05, 0) is 48.0 Å². The third-order valence-electron chi connectivity index (χ3n) is 4.39. The fourth-order valence-electron chi connectivity index (χ4n) is 2.92. The smallest absolute Gasteiger partial charge is 0.339 e. The monoisotopic (exact) mass is 432 g/mol. The molecule has 0 spiro atoms. The third kappa shape index (κ3) is 3.63. The number of hydrogen-bond donors (Lipinski definition) is 0. The topological polar surface area (TPSA) is 55.9 Å². The molecule has 134 valence electrons. The van der Waals surface area contributed by atoms with Gasteiger partial charge in [0, 0.05) is 16.5 Å². The number of aryl methyl sites for hydroxylation is 1. The molecule has 1 fully saturated rings. The zero-order valence-electron chi connectivity index (χ0n) is 14.1. The Morgan fingerprint density at radius 1 is 1.12 bits per heavy atom. The van der Waals surface area contributed by atoms with Crippen LogP contribution in [0.3, 0.4) is 0 Å². The van der Waals surface area contributed by atoms with Crippen molar-refractivity contribution in [3.63, 3.8) is 0 Å². The van der Waals surface area contributed by atoms with Gasteiger partial charge in [-0.1, -0.05) is 45.8 Å². The number of halogens is 1. The molecule has 0 aromatic heterocycles. The first kappa shape index (κ1) is 17.5. The van der Waals surface area contributed by atoms with E-state index in [0.29, 0.717) is 18.8 Å². The Morgan fingerprint density at radius 3 is 2.54 bits per heavy atom. The van der Waals surface area contributed by atoms with Crippen LogP contribution in [0.25, 0.3) is 10.8 Å². The summed E-state index contributed by atoms with van der Waals surface area (Å²) in [6, 6.07) is 16.2.